The number of fused-ring (bicyclic) bond motifs is 1. The standard InChI is InChI=1S/C18H21N5O3S/c1-5-26-12-8-6-11(7-9-12)13(24)10-27-17-21-20-16-19-15(25)14(18(2,3)4)22-23(16)17/h6-9H,5,10H2,1-4H3,(H,19,20,25). The van der Waals surface area contributed by atoms with Gasteiger partial charge in [-0.15, -0.1) is 10.2 Å². The number of benzene rings is 1. The Hall–Kier alpha value is -2.68. The molecule has 8 nitrogen and oxygen atoms in total. The average molecular weight is 387 g/mol. The van der Waals surface area contributed by atoms with Crippen LogP contribution in [0.15, 0.2) is 34.2 Å². The molecular formula is C18H21N5O3S. The minimum atomic E-state index is -0.424. The van der Waals surface area contributed by atoms with Crippen LogP contribution in [0.25, 0.3) is 5.78 Å². The highest BCUT2D eigenvalue weighted by Gasteiger charge is 2.22. The highest BCUT2D eigenvalue weighted by Crippen LogP contribution is 2.20. The molecule has 3 aromatic rings. The first kappa shape index (κ1) is 19.1. The van der Waals surface area contributed by atoms with E-state index in [9.17, 15) is 9.59 Å². The molecule has 0 aliphatic heterocycles. The third-order valence-corrected chi connectivity index (χ3v) is 4.70. The van der Waals surface area contributed by atoms with Crippen LogP contribution in [0.2, 0.25) is 0 Å². The molecule has 2 aromatic heterocycles. The van der Waals surface area contributed by atoms with Crippen molar-refractivity contribution in [1.29, 1.82) is 0 Å². The predicted octanol–water partition coefficient (Wildman–Crippen LogP) is 2.48. The minimum Gasteiger partial charge on any atom is -0.494 e. The molecule has 0 spiro atoms. The van der Waals surface area contributed by atoms with E-state index in [1.165, 1.54) is 16.3 Å². The molecule has 9 heteroatoms. The van der Waals surface area contributed by atoms with E-state index in [0.717, 1.165) is 5.75 Å². The summed E-state index contributed by atoms with van der Waals surface area (Å²) in [5.41, 5.74) is 0.266. The Morgan fingerprint density at radius 3 is 2.56 bits per heavy atom. The SMILES string of the molecule is CCOc1ccc(C(=O)CSc2nnc3[nH]c(=O)c(C(C)(C)C)nn23)cc1. The van der Waals surface area contributed by atoms with E-state index in [4.69, 9.17) is 4.74 Å². The third-order valence-electron chi connectivity index (χ3n) is 3.78. The zero-order valence-electron chi connectivity index (χ0n) is 15.6. The first-order valence-electron chi connectivity index (χ1n) is 8.54. The fraction of sp³-hybridized carbons (Fsp3) is 0.389. The van der Waals surface area contributed by atoms with E-state index < -0.39 is 5.41 Å². The quantitative estimate of drug-likeness (QED) is 0.512. The number of H-pyrrole nitrogens is 1. The minimum absolute atomic E-state index is 0.0414. The second-order valence-corrected chi connectivity index (χ2v) is 7.88. The van der Waals surface area contributed by atoms with Gasteiger partial charge in [-0.25, -0.2) is 0 Å². The smallest absolute Gasteiger partial charge is 0.274 e. The molecule has 0 unspecified atom stereocenters. The summed E-state index contributed by atoms with van der Waals surface area (Å²) in [6.07, 6.45) is 0. The van der Waals surface area contributed by atoms with Crippen molar-refractivity contribution >= 4 is 23.3 Å². The summed E-state index contributed by atoms with van der Waals surface area (Å²) in [6.45, 7) is 8.20. The number of rotatable bonds is 6. The molecule has 2 heterocycles. The van der Waals surface area contributed by atoms with Gasteiger partial charge in [0.25, 0.3) is 11.3 Å². The fourth-order valence-electron chi connectivity index (χ4n) is 2.44. The van der Waals surface area contributed by atoms with Crippen molar-refractivity contribution in [3.05, 3.63) is 45.9 Å². The number of nitrogens with one attached hydrogen (secondary N) is 1. The van der Waals surface area contributed by atoms with Gasteiger partial charge in [0.1, 0.15) is 11.4 Å². The maximum absolute atomic E-state index is 12.4. The third kappa shape index (κ3) is 4.19. The van der Waals surface area contributed by atoms with Gasteiger partial charge in [-0.3, -0.25) is 14.6 Å². The Morgan fingerprint density at radius 2 is 1.93 bits per heavy atom. The van der Waals surface area contributed by atoms with Crippen molar-refractivity contribution in [1.82, 2.24) is 24.8 Å². The molecule has 0 atom stereocenters. The highest BCUT2D eigenvalue weighted by molar-refractivity contribution is 7.99. The van der Waals surface area contributed by atoms with Crippen molar-refractivity contribution in [3.8, 4) is 5.75 Å². The van der Waals surface area contributed by atoms with Gasteiger partial charge in [-0.2, -0.15) is 9.61 Å². The summed E-state index contributed by atoms with van der Waals surface area (Å²) >= 11 is 1.22. The van der Waals surface area contributed by atoms with Crippen LogP contribution < -0.4 is 10.3 Å². The Bertz CT molecular complexity index is 1020. The summed E-state index contributed by atoms with van der Waals surface area (Å²) in [6, 6.07) is 7.03. The van der Waals surface area contributed by atoms with Crippen LogP contribution in [0.4, 0.5) is 0 Å². The Kier molecular flexibility index (Phi) is 5.31. The highest BCUT2D eigenvalue weighted by atomic mass is 32.2. The van der Waals surface area contributed by atoms with E-state index in [-0.39, 0.29) is 22.9 Å². The molecule has 0 bridgehead atoms. The number of ketones is 1. The number of Topliss-reactive ketones (excluding diaryl/α,β-unsaturated/α-hetero) is 1. The van der Waals surface area contributed by atoms with E-state index >= 15 is 0 Å². The summed E-state index contributed by atoms with van der Waals surface area (Å²) in [5, 5.41) is 12.8. The molecule has 0 saturated heterocycles. The molecule has 27 heavy (non-hydrogen) atoms. The largest absolute Gasteiger partial charge is 0.494 e. The van der Waals surface area contributed by atoms with Crippen molar-refractivity contribution in [2.24, 2.45) is 0 Å². The van der Waals surface area contributed by atoms with Gasteiger partial charge in [0.2, 0.25) is 5.16 Å². The number of nitrogens with zero attached hydrogens (tertiary/aromatic N) is 4. The van der Waals surface area contributed by atoms with Crippen LogP contribution in [0.3, 0.4) is 0 Å². The maximum Gasteiger partial charge on any atom is 0.274 e. The van der Waals surface area contributed by atoms with E-state index in [1.807, 2.05) is 27.7 Å². The molecule has 0 aliphatic carbocycles. The Labute approximate surface area is 160 Å². The van der Waals surface area contributed by atoms with Crippen LogP contribution in [0.5, 0.6) is 5.75 Å². The number of carbonyl (C=O) groups excluding carboxylic acids is 1. The van der Waals surface area contributed by atoms with Gasteiger partial charge in [-0.05, 0) is 31.2 Å². The summed E-state index contributed by atoms with van der Waals surface area (Å²) in [5.74, 6) is 1.12. The van der Waals surface area contributed by atoms with E-state index in [1.54, 1.807) is 24.3 Å². The number of hydrogen-bond donors (Lipinski definition) is 1. The number of hydrogen-bond acceptors (Lipinski definition) is 7. The lowest BCUT2D eigenvalue weighted by Gasteiger charge is -2.15. The first-order chi connectivity index (χ1) is 12.8. The maximum atomic E-state index is 12.4. The van der Waals surface area contributed by atoms with Gasteiger partial charge < -0.3 is 4.74 Å². The number of ether oxygens (including phenoxy) is 1. The number of carbonyl (C=O) groups is 1. The second kappa shape index (κ2) is 7.51. The van der Waals surface area contributed by atoms with Gasteiger partial charge in [0.05, 0.1) is 12.4 Å². The molecule has 0 amide bonds. The van der Waals surface area contributed by atoms with Crippen LogP contribution in [0, 0.1) is 0 Å². The normalized spacial score (nSPS) is 11.7. The predicted molar refractivity (Wildman–Crippen MR) is 103 cm³/mol. The molecule has 0 aliphatic rings. The molecule has 1 aromatic carbocycles. The number of aromatic amines is 1. The van der Waals surface area contributed by atoms with Gasteiger partial charge in [0.15, 0.2) is 5.78 Å². The molecule has 142 valence electrons. The Morgan fingerprint density at radius 1 is 1.22 bits per heavy atom. The topological polar surface area (TPSA) is 102 Å². The van der Waals surface area contributed by atoms with Crippen LogP contribution in [-0.2, 0) is 5.41 Å². The lowest BCUT2D eigenvalue weighted by Crippen LogP contribution is -2.28. The lowest BCUT2D eigenvalue weighted by molar-refractivity contribution is 0.102. The molecule has 3 rings (SSSR count). The van der Waals surface area contributed by atoms with Gasteiger partial charge in [0, 0.05) is 11.0 Å². The van der Waals surface area contributed by atoms with E-state index in [2.05, 4.69) is 20.3 Å². The van der Waals surface area contributed by atoms with Gasteiger partial charge in [-0.1, -0.05) is 32.5 Å². The van der Waals surface area contributed by atoms with Crippen molar-refractivity contribution in [3.63, 3.8) is 0 Å². The molecule has 1 N–H and O–H groups in total. The zero-order chi connectivity index (χ0) is 19.6. The lowest BCUT2D eigenvalue weighted by atomic mass is 9.93. The molecule has 0 radical (unpaired) electrons. The van der Waals surface area contributed by atoms with Crippen LogP contribution >= 0.6 is 11.8 Å². The zero-order valence-corrected chi connectivity index (χ0v) is 16.5. The molecule has 0 fully saturated rings. The average Bonchev–Trinajstić information content (AvgIpc) is 3.01. The Balaban J connectivity index is 1.78. The van der Waals surface area contributed by atoms with Crippen molar-refractivity contribution < 1.29 is 9.53 Å². The second-order valence-electron chi connectivity index (χ2n) is 6.94. The van der Waals surface area contributed by atoms with Crippen molar-refractivity contribution in [2.75, 3.05) is 12.4 Å². The monoisotopic (exact) mass is 387 g/mol. The summed E-state index contributed by atoms with van der Waals surface area (Å²) < 4.78 is 6.85. The van der Waals surface area contributed by atoms with Crippen LogP contribution in [-0.4, -0.2) is 42.9 Å². The molecule has 0 saturated carbocycles. The van der Waals surface area contributed by atoms with Crippen LogP contribution in [0.1, 0.15) is 43.7 Å². The summed E-state index contributed by atoms with van der Waals surface area (Å²) in [4.78, 5) is 27.3. The first-order valence-corrected chi connectivity index (χ1v) is 9.53. The van der Waals surface area contributed by atoms with E-state index in [0.29, 0.717) is 23.0 Å². The number of aromatic nitrogens is 5. The number of thioether (sulfide) groups is 1. The molecular weight excluding hydrogens is 366 g/mol. The summed E-state index contributed by atoms with van der Waals surface area (Å²) in [7, 11) is 0. The van der Waals surface area contributed by atoms with Crippen molar-refractivity contribution in [2.45, 2.75) is 38.3 Å². The fourth-order valence-corrected chi connectivity index (χ4v) is 3.21. The van der Waals surface area contributed by atoms with Gasteiger partial charge >= 0.3 is 0 Å².